The van der Waals surface area contributed by atoms with Crippen molar-refractivity contribution >= 4 is 40.5 Å². The van der Waals surface area contributed by atoms with Crippen molar-refractivity contribution in [3.05, 3.63) is 18.5 Å². The van der Waals surface area contributed by atoms with E-state index in [9.17, 15) is 4.79 Å². The van der Waals surface area contributed by atoms with Crippen LogP contribution in [-0.4, -0.2) is 71.7 Å². The molecule has 0 saturated heterocycles. The fourth-order valence-electron chi connectivity index (χ4n) is 4.38. The summed E-state index contributed by atoms with van der Waals surface area (Å²) < 4.78 is 18.6. The molecule has 224 valence electrons. The third kappa shape index (κ3) is 8.52. The largest absolute Gasteiger partial charge is 0.454 e. The van der Waals surface area contributed by atoms with Gasteiger partial charge in [0.1, 0.15) is 11.9 Å². The van der Waals surface area contributed by atoms with E-state index in [1.165, 1.54) is 6.33 Å². The molecule has 41 heavy (non-hydrogen) atoms. The molecule has 0 fully saturated rings. The standard InChI is InChI=1S/C28H42N8O4S/c1-28(2,3)40-27(37)31-13-9-7-6-8-11-30-12-10-14-36-25-23(24(29)32-17-33-25)34-26(36)41-22-16-21-20(38-18-39-21)15-19(22)35(4)5/h15-17,30H,6-14,18H2,1-5H3,(H,31,37)(H2,29,32,33). The highest BCUT2D eigenvalue weighted by molar-refractivity contribution is 7.99. The Balaban J connectivity index is 1.26. The Morgan fingerprint density at radius 2 is 1.78 bits per heavy atom. The summed E-state index contributed by atoms with van der Waals surface area (Å²) in [6.07, 6.45) is 6.24. The highest BCUT2D eigenvalue weighted by Crippen LogP contribution is 2.44. The average Bonchev–Trinajstić information content (AvgIpc) is 3.50. The Labute approximate surface area is 245 Å². The number of carbonyl (C=O) groups excluding carboxylic acids is 1. The number of alkyl carbamates (subject to hydrolysis) is 1. The minimum Gasteiger partial charge on any atom is -0.454 e. The van der Waals surface area contributed by atoms with Gasteiger partial charge in [0.15, 0.2) is 33.6 Å². The van der Waals surface area contributed by atoms with E-state index in [0.717, 1.165) is 84.6 Å². The Morgan fingerprint density at radius 3 is 2.51 bits per heavy atom. The number of anilines is 2. The van der Waals surface area contributed by atoms with Crippen LogP contribution in [0.4, 0.5) is 16.3 Å². The molecular formula is C28H42N8O4S. The SMILES string of the molecule is CN(C)c1cc2c(cc1Sc1nc3c(N)ncnc3n1CCCNCCCCCCNC(=O)OC(C)(C)C)OCO2. The zero-order chi connectivity index (χ0) is 29.4. The maximum Gasteiger partial charge on any atom is 0.407 e. The molecule has 0 spiro atoms. The van der Waals surface area contributed by atoms with E-state index in [-0.39, 0.29) is 12.9 Å². The average molecular weight is 587 g/mol. The maximum absolute atomic E-state index is 11.7. The smallest absolute Gasteiger partial charge is 0.407 e. The van der Waals surface area contributed by atoms with E-state index < -0.39 is 5.60 Å². The van der Waals surface area contributed by atoms with Crippen LogP contribution in [0, 0.1) is 0 Å². The number of aromatic nitrogens is 4. The molecule has 0 unspecified atom stereocenters. The van der Waals surface area contributed by atoms with E-state index in [2.05, 4.69) is 25.2 Å². The quantitative estimate of drug-likeness (QED) is 0.231. The molecule has 2 aromatic heterocycles. The number of fused-ring (bicyclic) bond motifs is 2. The molecule has 3 aromatic rings. The first-order valence-corrected chi connectivity index (χ1v) is 14.9. The second-order valence-corrected chi connectivity index (χ2v) is 12.1. The number of amides is 1. The predicted molar refractivity (Wildman–Crippen MR) is 161 cm³/mol. The Kier molecular flexibility index (Phi) is 10.4. The monoisotopic (exact) mass is 586 g/mol. The predicted octanol–water partition coefficient (Wildman–Crippen LogP) is 4.42. The van der Waals surface area contributed by atoms with E-state index in [4.69, 9.17) is 24.9 Å². The van der Waals surface area contributed by atoms with Gasteiger partial charge in [-0.3, -0.25) is 0 Å². The minimum absolute atomic E-state index is 0.221. The van der Waals surface area contributed by atoms with Crippen molar-refractivity contribution in [1.29, 1.82) is 0 Å². The Hall–Kier alpha value is -3.45. The number of nitrogens with zero attached hydrogens (tertiary/aromatic N) is 5. The summed E-state index contributed by atoms with van der Waals surface area (Å²) in [5.74, 6) is 1.84. The van der Waals surface area contributed by atoms with Crippen molar-refractivity contribution in [2.75, 3.05) is 51.2 Å². The highest BCUT2D eigenvalue weighted by atomic mass is 32.2. The lowest BCUT2D eigenvalue weighted by Crippen LogP contribution is -2.33. The number of unbranched alkanes of at least 4 members (excludes halogenated alkanes) is 3. The van der Waals surface area contributed by atoms with Gasteiger partial charge in [-0.25, -0.2) is 19.7 Å². The second-order valence-electron chi connectivity index (χ2n) is 11.1. The minimum atomic E-state index is -0.467. The van der Waals surface area contributed by atoms with E-state index in [1.807, 2.05) is 51.9 Å². The number of carbonyl (C=O) groups is 1. The van der Waals surface area contributed by atoms with Crippen LogP contribution in [-0.2, 0) is 11.3 Å². The lowest BCUT2D eigenvalue weighted by molar-refractivity contribution is 0.0527. The number of rotatable bonds is 14. The first kappa shape index (κ1) is 30.5. The summed E-state index contributed by atoms with van der Waals surface area (Å²) in [5.41, 5.74) is 8.04. The number of hydrogen-bond acceptors (Lipinski definition) is 11. The van der Waals surface area contributed by atoms with Crippen LogP contribution < -0.4 is 30.7 Å². The molecule has 0 saturated carbocycles. The summed E-state index contributed by atoms with van der Waals surface area (Å²) in [6, 6.07) is 3.99. The van der Waals surface area contributed by atoms with Crippen LogP contribution in [0.2, 0.25) is 0 Å². The molecule has 13 heteroatoms. The molecule has 0 aliphatic carbocycles. The molecule has 1 aromatic carbocycles. The van der Waals surface area contributed by atoms with Gasteiger partial charge in [0, 0.05) is 44.2 Å². The molecular weight excluding hydrogens is 544 g/mol. The number of ether oxygens (including phenoxy) is 3. The van der Waals surface area contributed by atoms with Crippen LogP contribution in [0.1, 0.15) is 52.9 Å². The Morgan fingerprint density at radius 1 is 1.07 bits per heavy atom. The van der Waals surface area contributed by atoms with Crippen molar-refractivity contribution in [2.45, 2.75) is 75.1 Å². The van der Waals surface area contributed by atoms with Crippen molar-refractivity contribution < 1.29 is 19.0 Å². The lowest BCUT2D eigenvalue weighted by atomic mass is 10.2. The van der Waals surface area contributed by atoms with Gasteiger partial charge in [-0.2, -0.15) is 0 Å². The van der Waals surface area contributed by atoms with Crippen LogP contribution in [0.15, 0.2) is 28.5 Å². The normalized spacial score (nSPS) is 12.6. The summed E-state index contributed by atoms with van der Waals surface area (Å²) in [7, 11) is 4.00. The van der Waals surface area contributed by atoms with E-state index >= 15 is 0 Å². The topological polar surface area (TPSA) is 142 Å². The highest BCUT2D eigenvalue weighted by Gasteiger charge is 2.22. The van der Waals surface area contributed by atoms with Gasteiger partial charge in [0.2, 0.25) is 6.79 Å². The van der Waals surface area contributed by atoms with Crippen molar-refractivity contribution in [3.63, 3.8) is 0 Å². The molecule has 0 atom stereocenters. The summed E-state index contributed by atoms with van der Waals surface area (Å²) in [5, 5.41) is 7.15. The molecule has 1 aliphatic rings. The molecule has 12 nitrogen and oxygen atoms in total. The summed E-state index contributed by atoms with van der Waals surface area (Å²) in [4.78, 5) is 28.2. The molecule has 1 amide bonds. The number of hydrogen-bond donors (Lipinski definition) is 3. The molecule has 0 bridgehead atoms. The zero-order valence-electron chi connectivity index (χ0n) is 24.7. The van der Waals surface area contributed by atoms with Gasteiger partial charge in [-0.05, 0) is 64.9 Å². The van der Waals surface area contributed by atoms with Crippen LogP contribution in [0.5, 0.6) is 11.5 Å². The van der Waals surface area contributed by atoms with Crippen LogP contribution in [0.3, 0.4) is 0 Å². The maximum atomic E-state index is 11.7. The molecule has 4 N–H and O–H groups in total. The second kappa shape index (κ2) is 13.9. The number of benzene rings is 1. The van der Waals surface area contributed by atoms with E-state index in [1.54, 1.807) is 11.8 Å². The van der Waals surface area contributed by atoms with Crippen LogP contribution in [0.25, 0.3) is 11.2 Å². The van der Waals surface area contributed by atoms with Gasteiger partial charge < -0.3 is 40.0 Å². The summed E-state index contributed by atoms with van der Waals surface area (Å²) in [6.45, 7) is 9.00. The molecule has 0 radical (unpaired) electrons. The third-order valence-electron chi connectivity index (χ3n) is 6.35. The molecule has 1 aliphatic heterocycles. The first-order valence-electron chi connectivity index (χ1n) is 14.1. The number of nitrogens with two attached hydrogens (primary N) is 1. The molecule has 3 heterocycles. The van der Waals surface area contributed by atoms with Crippen molar-refractivity contribution in [2.24, 2.45) is 0 Å². The number of aryl methyl sites for hydroxylation is 1. The zero-order valence-corrected chi connectivity index (χ0v) is 25.5. The summed E-state index contributed by atoms with van der Waals surface area (Å²) >= 11 is 1.55. The number of imidazole rings is 1. The van der Waals surface area contributed by atoms with E-state index in [0.29, 0.717) is 17.9 Å². The van der Waals surface area contributed by atoms with Crippen molar-refractivity contribution in [3.8, 4) is 11.5 Å². The van der Waals surface area contributed by atoms with Crippen molar-refractivity contribution in [1.82, 2.24) is 30.2 Å². The van der Waals surface area contributed by atoms with Gasteiger partial charge in [0.25, 0.3) is 0 Å². The third-order valence-corrected chi connectivity index (χ3v) is 7.39. The van der Waals surface area contributed by atoms with Gasteiger partial charge in [0.05, 0.1) is 5.69 Å². The lowest BCUT2D eigenvalue weighted by Gasteiger charge is -2.19. The molecule has 4 rings (SSSR count). The van der Waals surface area contributed by atoms with Gasteiger partial charge >= 0.3 is 6.09 Å². The van der Waals surface area contributed by atoms with Crippen LogP contribution >= 0.6 is 11.8 Å². The Bertz CT molecular complexity index is 1320. The van der Waals surface area contributed by atoms with Gasteiger partial charge in [-0.15, -0.1) is 0 Å². The number of nitrogens with one attached hydrogen (secondary N) is 2. The fourth-order valence-corrected chi connectivity index (χ4v) is 5.51. The van der Waals surface area contributed by atoms with Gasteiger partial charge in [-0.1, -0.05) is 12.8 Å². The number of nitrogen functional groups attached to an aromatic ring is 1. The first-order chi connectivity index (χ1) is 19.6. The fraction of sp³-hybridized carbons (Fsp3) is 0.571.